The molecular formula is C11H16O3. The predicted molar refractivity (Wildman–Crippen MR) is 55.5 cm³/mol. The van der Waals surface area contributed by atoms with E-state index in [-0.39, 0.29) is 0 Å². The van der Waals surface area contributed by atoms with E-state index in [4.69, 9.17) is 14.2 Å². The smallest absolute Gasteiger partial charge is 0.203 e. The lowest BCUT2D eigenvalue weighted by Gasteiger charge is -2.14. The minimum atomic E-state index is 0.661. The zero-order valence-corrected chi connectivity index (χ0v) is 9.09. The number of rotatable bonds is 4. The lowest BCUT2D eigenvalue weighted by atomic mass is 10.1. The second-order valence-electron chi connectivity index (χ2n) is 2.85. The number of aryl methyl sites for hydroxylation is 1. The summed E-state index contributed by atoms with van der Waals surface area (Å²) in [5.74, 6) is 2.12. The van der Waals surface area contributed by atoms with Crippen molar-refractivity contribution < 1.29 is 14.2 Å². The van der Waals surface area contributed by atoms with E-state index >= 15 is 0 Å². The zero-order chi connectivity index (χ0) is 10.6. The third-order valence-electron chi connectivity index (χ3n) is 2.17. The number of ether oxygens (including phenoxy) is 3. The molecule has 0 aliphatic heterocycles. The highest BCUT2D eigenvalue weighted by Crippen LogP contribution is 2.39. The van der Waals surface area contributed by atoms with Gasteiger partial charge >= 0.3 is 0 Å². The van der Waals surface area contributed by atoms with E-state index in [1.165, 1.54) is 0 Å². The van der Waals surface area contributed by atoms with Gasteiger partial charge in [0.25, 0.3) is 0 Å². The van der Waals surface area contributed by atoms with Crippen molar-refractivity contribution >= 4 is 0 Å². The molecule has 0 N–H and O–H groups in total. The van der Waals surface area contributed by atoms with Crippen molar-refractivity contribution in [3.63, 3.8) is 0 Å². The fraction of sp³-hybridized carbons (Fsp3) is 0.455. The molecule has 0 unspecified atom stereocenters. The van der Waals surface area contributed by atoms with Gasteiger partial charge in [0.2, 0.25) is 5.75 Å². The highest BCUT2D eigenvalue weighted by Gasteiger charge is 2.13. The average molecular weight is 196 g/mol. The molecule has 3 heteroatoms. The van der Waals surface area contributed by atoms with Crippen LogP contribution in [0.25, 0.3) is 0 Å². The lowest BCUT2D eigenvalue weighted by Crippen LogP contribution is -1.97. The summed E-state index contributed by atoms with van der Waals surface area (Å²) in [5, 5.41) is 0. The summed E-state index contributed by atoms with van der Waals surface area (Å²) in [6.07, 6.45) is 0.906. The van der Waals surface area contributed by atoms with Crippen LogP contribution in [0.4, 0.5) is 0 Å². The largest absolute Gasteiger partial charge is 0.493 e. The van der Waals surface area contributed by atoms with E-state index < -0.39 is 0 Å². The van der Waals surface area contributed by atoms with Gasteiger partial charge < -0.3 is 14.2 Å². The molecule has 0 bridgehead atoms. The molecular weight excluding hydrogens is 180 g/mol. The van der Waals surface area contributed by atoms with Crippen molar-refractivity contribution in [2.24, 2.45) is 0 Å². The van der Waals surface area contributed by atoms with Gasteiger partial charge in [-0.3, -0.25) is 0 Å². The number of hydrogen-bond acceptors (Lipinski definition) is 3. The molecule has 0 radical (unpaired) electrons. The number of hydrogen-bond donors (Lipinski definition) is 0. The first-order chi connectivity index (χ1) is 6.78. The summed E-state index contributed by atoms with van der Waals surface area (Å²) in [5.41, 5.74) is 1.12. The molecule has 0 spiro atoms. The average Bonchev–Trinajstić information content (AvgIpc) is 2.26. The third-order valence-corrected chi connectivity index (χ3v) is 2.17. The van der Waals surface area contributed by atoms with Crippen molar-refractivity contribution in [2.45, 2.75) is 13.3 Å². The molecule has 0 fully saturated rings. The SMILES string of the molecule is CCc1ccc(OC)c(OC)c1OC. The van der Waals surface area contributed by atoms with Crippen LogP contribution in [0.15, 0.2) is 12.1 Å². The third kappa shape index (κ3) is 1.76. The van der Waals surface area contributed by atoms with Crippen LogP contribution >= 0.6 is 0 Å². The van der Waals surface area contributed by atoms with Crippen molar-refractivity contribution in [1.82, 2.24) is 0 Å². The van der Waals surface area contributed by atoms with Gasteiger partial charge in [0.15, 0.2) is 11.5 Å². The topological polar surface area (TPSA) is 27.7 Å². The monoisotopic (exact) mass is 196 g/mol. The van der Waals surface area contributed by atoms with Crippen LogP contribution in [0.5, 0.6) is 17.2 Å². The molecule has 0 saturated carbocycles. The highest BCUT2D eigenvalue weighted by atomic mass is 16.5. The van der Waals surface area contributed by atoms with Crippen molar-refractivity contribution in [3.05, 3.63) is 17.7 Å². The Kier molecular flexibility index (Phi) is 3.63. The Balaban J connectivity index is 3.28. The van der Waals surface area contributed by atoms with Gasteiger partial charge in [-0.2, -0.15) is 0 Å². The van der Waals surface area contributed by atoms with E-state index in [0.717, 1.165) is 17.7 Å². The van der Waals surface area contributed by atoms with E-state index in [2.05, 4.69) is 6.92 Å². The van der Waals surface area contributed by atoms with Crippen LogP contribution in [0.1, 0.15) is 12.5 Å². The standard InChI is InChI=1S/C11H16O3/c1-5-8-6-7-9(12-2)11(14-4)10(8)13-3/h6-7H,5H2,1-4H3. The second-order valence-corrected chi connectivity index (χ2v) is 2.85. The summed E-state index contributed by atoms with van der Waals surface area (Å²) < 4.78 is 15.7. The molecule has 0 aliphatic carbocycles. The van der Waals surface area contributed by atoms with Crippen molar-refractivity contribution in [2.75, 3.05) is 21.3 Å². The summed E-state index contributed by atoms with van der Waals surface area (Å²) >= 11 is 0. The van der Waals surface area contributed by atoms with Crippen molar-refractivity contribution in [3.8, 4) is 17.2 Å². The fourth-order valence-corrected chi connectivity index (χ4v) is 1.44. The summed E-state index contributed by atoms with van der Waals surface area (Å²) in [7, 11) is 4.86. The number of methoxy groups -OCH3 is 3. The van der Waals surface area contributed by atoms with Crippen molar-refractivity contribution in [1.29, 1.82) is 0 Å². The maximum absolute atomic E-state index is 5.30. The van der Waals surface area contributed by atoms with Crippen LogP contribution in [0, 0.1) is 0 Å². The van der Waals surface area contributed by atoms with Gasteiger partial charge in [-0.25, -0.2) is 0 Å². The van der Waals surface area contributed by atoms with Gasteiger partial charge in [-0.1, -0.05) is 13.0 Å². The Morgan fingerprint density at radius 3 is 2.00 bits per heavy atom. The minimum Gasteiger partial charge on any atom is -0.493 e. The lowest BCUT2D eigenvalue weighted by molar-refractivity contribution is 0.322. The normalized spacial score (nSPS) is 9.71. The van der Waals surface area contributed by atoms with Crippen LogP contribution in [0.3, 0.4) is 0 Å². The minimum absolute atomic E-state index is 0.661. The van der Waals surface area contributed by atoms with Gasteiger partial charge in [0.05, 0.1) is 21.3 Å². The molecule has 0 atom stereocenters. The second kappa shape index (κ2) is 4.74. The molecule has 0 amide bonds. The van der Waals surface area contributed by atoms with Crippen LogP contribution < -0.4 is 14.2 Å². The Hall–Kier alpha value is -1.38. The molecule has 1 rings (SSSR count). The van der Waals surface area contributed by atoms with Gasteiger partial charge in [-0.15, -0.1) is 0 Å². The Bertz CT molecular complexity index is 277. The maximum atomic E-state index is 5.30. The van der Waals surface area contributed by atoms with E-state index in [1.54, 1.807) is 21.3 Å². The van der Waals surface area contributed by atoms with E-state index in [0.29, 0.717) is 11.5 Å². The molecule has 14 heavy (non-hydrogen) atoms. The fourth-order valence-electron chi connectivity index (χ4n) is 1.44. The van der Waals surface area contributed by atoms with Gasteiger partial charge in [0.1, 0.15) is 0 Å². The molecule has 1 aromatic carbocycles. The molecule has 0 saturated heterocycles. The molecule has 0 heterocycles. The summed E-state index contributed by atoms with van der Waals surface area (Å²) in [4.78, 5) is 0. The molecule has 78 valence electrons. The molecule has 1 aromatic rings. The number of benzene rings is 1. The maximum Gasteiger partial charge on any atom is 0.203 e. The highest BCUT2D eigenvalue weighted by molar-refractivity contribution is 5.55. The Morgan fingerprint density at radius 2 is 1.57 bits per heavy atom. The van der Waals surface area contributed by atoms with Crippen LogP contribution in [-0.2, 0) is 6.42 Å². The Labute approximate surface area is 84.6 Å². The molecule has 0 aromatic heterocycles. The zero-order valence-electron chi connectivity index (χ0n) is 9.09. The van der Waals surface area contributed by atoms with Gasteiger partial charge in [-0.05, 0) is 18.1 Å². The summed E-state index contributed by atoms with van der Waals surface area (Å²) in [6.45, 7) is 2.07. The first-order valence-electron chi connectivity index (χ1n) is 4.56. The van der Waals surface area contributed by atoms with E-state index in [1.807, 2.05) is 12.1 Å². The molecule has 0 aliphatic rings. The first-order valence-corrected chi connectivity index (χ1v) is 4.56. The van der Waals surface area contributed by atoms with Crippen LogP contribution in [0.2, 0.25) is 0 Å². The predicted octanol–water partition coefficient (Wildman–Crippen LogP) is 2.27. The summed E-state index contributed by atoms with van der Waals surface area (Å²) in [6, 6.07) is 3.88. The Morgan fingerprint density at radius 1 is 0.929 bits per heavy atom. The first kappa shape index (κ1) is 10.7. The van der Waals surface area contributed by atoms with Crippen LogP contribution in [-0.4, -0.2) is 21.3 Å². The van der Waals surface area contributed by atoms with E-state index in [9.17, 15) is 0 Å². The molecule has 3 nitrogen and oxygen atoms in total. The van der Waals surface area contributed by atoms with Gasteiger partial charge in [0, 0.05) is 0 Å². The quantitative estimate of drug-likeness (QED) is 0.739.